The number of rotatable bonds is 6. The van der Waals surface area contributed by atoms with Crippen LogP contribution < -0.4 is 0 Å². The molecule has 4 nitrogen and oxygen atoms in total. The van der Waals surface area contributed by atoms with E-state index in [9.17, 15) is 4.79 Å². The minimum absolute atomic E-state index is 0.213. The second-order valence-electron chi connectivity index (χ2n) is 4.96. The fourth-order valence-electron chi connectivity index (χ4n) is 2.65. The Morgan fingerprint density at radius 3 is 2.75 bits per heavy atom. The fourth-order valence-corrected chi connectivity index (χ4v) is 2.65. The molecule has 1 aliphatic rings. The van der Waals surface area contributed by atoms with Gasteiger partial charge in [-0.15, -0.1) is 0 Å². The smallest absolute Gasteiger partial charge is 0.304 e. The minimum atomic E-state index is -0.678. The van der Waals surface area contributed by atoms with Crippen molar-refractivity contribution in [3.8, 4) is 0 Å². The van der Waals surface area contributed by atoms with E-state index in [0.717, 1.165) is 19.5 Å². The standard InChI is InChI=1S/C12H24N2O2/c1-4-10(8-12(15)16)14-7-5-6-11(14)9-13(2)3/h10-11H,4-9H2,1-3H3,(H,15,16). The zero-order valence-electron chi connectivity index (χ0n) is 10.6. The Morgan fingerprint density at radius 2 is 2.25 bits per heavy atom. The third-order valence-electron chi connectivity index (χ3n) is 3.35. The quantitative estimate of drug-likeness (QED) is 0.743. The number of hydrogen-bond acceptors (Lipinski definition) is 3. The van der Waals surface area contributed by atoms with Crippen LogP contribution in [-0.2, 0) is 4.79 Å². The minimum Gasteiger partial charge on any atom is -0.481 e. The highest BCUT2D eigenvalue weighted by molar-refractivity contribution is 5.67. The SMILES string of the molecule is CCC(CC(=O)O)N1CCCC1CN(C)C. The van der Waals surface area contributed by atoms with Gasteiger partial charge < -0.3 is 10.0 Å². The maximum Gasteiger partial charge on any atom is 0.304 e. The van der Waals surface area contributed by atoms with E-state index in [0.29, 0.717) is 6.04 Å². The highest BCUT2D eigenvalue weighted by Gasteiger charge is 2.30. The largest absolute Gasteiger partial charge is 0.481 e. The fraction of sp³-hybridized carbons (Fsp3) is 0.917. The summed E-state index contributed by atoms with van der Waals surface area (Å²) in [5, 5.41) is 8.91. The van der Waals surface area contributed by atoms with Crippen LogP contribution in [0.4, 0.5) is 0 Å². The molecule has 1 saturated heterocycles. The molecule has 1 N–H and O–H groups in total. The third kappa shape index (κ3) is 3.76. The first-order valence-electron chi connectivity index (χ1n) is 6.16. The van der Waals surface area contributed by atoms with Gasteiger partial charge in [-0.05, 0) is 39.9 Å². The summed E-state index contributed by atoms with van der Waals surface area (Å²) < 4.78 is 0. The molecule has 0 aromatic heterocycles. The molecule has 1 fully saturated rings. The summed E-state index contributed by atoms with van der Waals surface area (Å²) in [6, 6.07) is 0.754. The molecule has 94 valence electrons. The van der Waals surface area contributed by atoms with Crippen LogP contribution in [0.3, 0.4) is 0 Å². The molecule has 1 aliphatic heterocycles. The highest BCUT2D eigenvalue weighted by Crippen LogP contribution is 2.23. The molecule has 0 aromatic rings. The van der Waals surface area contributed by atoms with E-state index in [1.54, 1.807) is 0 Å². The summed E-state index contributed by atoms with van der Waals surface area (Å²) in [6.45, 7) is 4.18. The Balaban J connectivity index is 2.57. The molecule has 0 aromatic carbocycles. The lowest BCUT2D eigenvalue weighted by molar-refractivity contribution is -0.138. The van der Waals surface area contributed by atoms with E-state index in [4.69, 9.17) is 5.11 Å². The molecule has 0 spiro atoms. The summed E-state index contributed by atoms with van der Waals surface area (Å²) in [7, 11) is 4.16. The Kier molecular flexibility index (Phi) is 5.22. The molecular formula is C12H24N2O2. The molecule has 2 unspecified atom stereocenters. The predicted molar refractivity (Wildman–Crippen MR) is 64.6 cm³/mol. The van der Waals surface area contributed by atoms with Gasteiger partial charge in [-0.2, -0.15) is 0 Å². The number of aliphatic carboxylic acids is 1. The van der Waals surface area contributed by atoms with Crippen LogP contribution in [0.5, 0.6) is 0 Å². The van der Waals surface area contributed by atoms with Gasteiger partial charge in [0, 0.05) is 18.6 Å². The maximum atomic E-state index is 10.8. The number of likely N-dealkylation sites (N-methyl/N-ethyl adjacent to an activating group) is 1. The van der Waals surface area contributed by atoms with Crippen LogP contribution in [0.15, 0.2) is 0 Å². The van der Waals surface area contributed by atoms with Crippen molar-refractivity contribution >= 4 is 5.97 Å². The van der Waals surface area contributed by atoms with Crippen LogP contribution in [0, 0.1) is 0 Å². The first-order valence-corrected chi connectivity index (χ1v) is 6.16. The molecule has 16 heavy (non-hydrogen) atoms. The number of likely N-dealkylation sites (tertiary alicyclic amines) is 1. The molecule has 4 heteroatoms. The van der Waals surface area contributed by atoms with Crippen molar-refractivity contribution in [3.63, 3.8) is 0 Å². The molecule has 0 saturated carbocycles. The van der Waals surface area contributed by atoms with Crippen molar-refractivity contribution in [1.82, 2.24) is 9.80 Å². The monoisotopic (exact) mass is 228 g/mol. The second-order valence-corrected chi connectivity index (χ2v) is 4.96. The predicted octanol–water partition coefficient (Wildman–Crippen LogP) is 1.27. The van der Waals surface area contributed by atoms with E-state index in [1.807, 2.05) is 0 Å². The van der Waals surface area contributed by atoms with Crippen molar-refractivity contribution in [1.29, 1.82) is 0 Å². The molecule has 1 rings (SSSR count). The first-order chi connectivity index (χ1) is 7.54. The number of nitrogens with zero attached hydrogens (tertiary/aromatic N) is 2. The molecule has 0 amide bonds. The van der Waals surface area contributed by atoms with Crippen LogP contribution >= 0.6 is 0 Å². The van der Waals surface area contributed by atoms with Gasteiger partial charge >= 0.3 is 5.97 Å². The summed E-state index contributed by atoms with van der Waals surface area (Å²) in [4.78, 5) is 15.4. The number of carboxylic acids is 1. The molecule has 2 atom stereocenters. The van der Waals surface area contributed by atoms with Crippen molar-refractivity contribution in [2.24, 2.45) is 0 Å². The van der Waals surface area contributed by atoms with Crippen LogP contribution in [0.1, 0.15) is 32.6 Å². The van der Waals surface area contributed by atoms with E-state index >= 15 is 0 Å². The zero-order valence-corrected chi connectivity index (χ0v) is 10.6. The summed E-state index contributed by atoms with van der Waals surface area (Å²) in [5.74, 6) is -0.678. The van der Waals surface area contributed by atoms with E-state index in [1.165, 1.54) is 12.8 Å². The number of hydrogen-bond donors (Lipinski definition) is 1. The molecule has 0 radical (unpaired) electrons. The maximum absolute atomic E-state index is 10.8. The molecule has 0 bridgehead atoms. The van der Waals surface area contributed by atoms with Crippen molar-refractivity contribution < 1.29 is 9.90 Å². The number of carboxylic acid groups (broad SMARTS) is 1. The second kappa shape index (κ2) is 6.21. The third-order valence-corrected chi connectivity index (χ3v) is 3.35. The Morgan fingerprint density at radius 1 is 1.56 bits per heavy atom. The lowest BCUT2D eigenvalue weighted by Gasteiger charge is -2.33. The normalized spacial score (nSPS) is 23.9. The Labute approximate surface area is 98.2 Å². The summed E-state index contributed by atoms with van der Waals surface area (Å²) in [6.07, 6.45) is 3.61. The van der Waals surface area contributed by atoms with Gasteiger partial charge in [0.25, 0.3) is 0 Å². The van der Waals surface area contributed by atoms with Gasteiger partial charge in [-0.25, -0.2) is 0 Å². The van der Waals surface area contributed by atoms with Crippen LogP contribution in [-0.4, -0.2) is 60.1 Å². The van der Waals surface area contributed by atoms with Crippen molar-refractivity contribution in [2.75, 3.05) is 27.2 Å². The van der Waals surface area contributed by atoms with Gasteiger partial charge in [-0.3, -0.25) is 9.69 Å². The Bertz CT molecular complexity index is 231. The first kappa shape index (κ1) is 13.5. The van der Waals surface area contributed by atoms with Gasteiger partial charge in [-0.1, -0.05) is 6.92 Å². The van der Waals surface area contributed by atoms with Crippen LogP contribution in [0.25, 0.3) is 0 Å². The highest BCUT2D eigenvalue weighted by atomic mass is 16.4. The lowest BCUT2D eigenvalue weighted by atomic mass is 10.1. The van der Waals surface area contributed by atoms with Crippen LogP contribution in [0.2, 0.25) is 0 Å². The van der Waals surface area contributed by atoms with E-state index in [2.05, 4.69) is 30.8 Å². The molecule has 1 heterocycles. The summed E-state index contributed by atoms with van der Waals surface area (Å²) >= 11 is 0. The van der Waals surface area contributed by atoms with E-state index in [-0.39, 0.29) is 12.5 Å². The van der Waals surface area contributed by atoms with Gasteiger partial charge in [0.15, 0.2) is 0 Å². The van der Waals surface area contributed by atoms with Crippen molar-refractivity contribution in [3.05, 3.63) is 0 Å². The topological polar surface area (TPSA) is 43.8 Å². The van der Waals surface area contributed by atoms with Crippen molar-refractivity contribution in [2.45, 2.75) is 44.7 Å². The molecular weight excluding hydrogens is 204 g/mol. The average Bonchev–Trinajstić information content (AvgIpc) is 2.61. The lowest BCUT2D eigenvalue weighted by Crippen LogP contribution is -2.44. The van der Waals surface area contributed by atoms with E-state index < -0.39 is 5.97 Å². The van der Waals surface area contributed by atoms with Gasteiger partial charge in [0.1, 0.15) is 0 Å². The zero-order chi connectivity index (χ0) is 12.1. The van der Waals surface area contributed by atoms with Gasteiger partial charge in [0.05, 0.1) is 6.42 Å². The summed E-state index contributed by atoms with van der Waals surface area (Å²) in [5.41, 5.74) is 0. The number of carbonyl (C=O) groups is 1. The average molecular weight is 228 g/mol. The molecule has 0 aliphatic carbocycles. The van der Waals surface area contributed by atoms with Gasteiger partial charge in [0.2, 0.25) is 0 Å². The Hall–Kier alpha value is -0.610.